The Morgan fingerprint density at radius 2 is 1.90 bits per heavy atom. The largest absolute Gasteiger partial charge is 0.497 e. The van der Waals surface area contributed by atoms with Crippen LogP contribution in [-0.4, -0.2) is 13.7 Å². The molecule has 0 spiro atoms. The molecular weight excluding hydrogens is 252 g/mol. The van der Waals surface area contributed by atoms with E-state index in [2.05, 4.69) is 10.2 Å². The maximum atomic E-state index is 5.54. The van der Waals surface area contributed by atoms with Gasteiger partial charge in [-0.1, -0.05) is 6.07 Å². The molecule has 0 atom stereocenters. The Bertz CT molecular complexity index is 566. The van der Waals surface area contributed by atoms with E-state index in [9.17, 15) is 0 Å². The van der Waals surface area contributed by atoms with Crippen molar-refractivity contribution in [2.75, 3.05) is 13.7 Å². The van der Waals surface area contributed by atoms with Gasteiger partial charge in [0.1, 0.15) is 11.4 Å². The third kappa shape index (κ3) is 3.86. The molecule has 0 saturated heterocycles. The Balaban J connectivity index is 2.13. The van der Waals surface area contributed by atoms with Crippen molar-refractivity contribution in [1.29, 1.82) is 0 Å². The number of aromatic nitrogens is 1. The van der Waals surface area contributed by atoms with Crippen LogP contribution in [0, 0.1) is 0 Å². The van der Waals surface area contributed by atoms with Crippen LogP contribution in [0.15, 0.2) is 58.9 Å². The summed E-state index contributed by atoms with van der Waals surface area (Å²) in [4.78, 5) is 0. The van der Waals surface area contributed by atoms with Gasteiger partial charge in [-0.2, -0.15) is 0 Å². The SMILES string of the molecule is COc1ccc(N=Nc2cccc[n+]2CCCN)cc1. The number of aryl methyl sites for hydroxylation is 1. The smallest absolute Gasteiger partial charge is 0.350 e. The molecule has 1 heterocycles. The van der Waals surface area contributed by atoms with Crippen LogP contribution in [0.5, 0.6) is 5.75 Å². The molecule has 0 unspecified atom stereocenters. The van der Waals surface area contributed by atoms with E-state index < -0.39 is 0 Å². The Morgan fingerprint density at radius 3 is 2.60 bits per heavy atom. The number of nitrogens with zero attached hydrogens (tertiary/aromatic N) is 3. The average molecular weight is 271 g/mol. The summed E-state index contributed by atoms with van der Waals surface area (Å²) in [5.74, 6) is 1.62. The molecule has 104 valence electrons. The van der Waals surface area contributed by atoms with Crippen molar-refractivity contribution in [1.82, 2.24) is 0 Å². The van der Waals surface area contributed by atoms with Crippen molar-refractivity contribution in [2.45, 2.75) is 13.0 Å². The Kier molecular flexibility index (Phi) is 5.20. The van der Waals surface area contributed by atoms with Gasteiger partial charge < -0.3 is 10.5 Å². The lowest BCUT2D eigenvalue weighted by Crippen LogP contribution is -2.34. The molecule has 0 fully saturated rings. The highest BCUT2D eigenvalue weighted by molar-refractivity contribution is 5.41. The molecule has 2 N–H and O–H groups in total. The van der Waals surface area contributed by atoms with Gasteiger partial charge in [0, 0.05) is 6.07 Å². The van der Waals surface area contributed by atoms with Gasteiger partial charge in [0.15, 0.2) is 0 Å². The highest BCUT2D eigenvalue weighted by Gasteiger charge is 2.07. The van der Waals surface area contributed by atoms with Gasteiger partial charge in [0.25, 0.3) is 0 Å². The van der Waals surface area contributed by atoms with Crippen LogP contribution < -0.4 is 15.0 Å². The summed E-state index contributed by atoms with van der Waals surface area (Å²) in [5, 5.41) is 8.53. The molecule has 5 nitrogen and oxygen atoms in total. The van der Waals surface area contributed by atoms with E-state index in [1.165, 1.54) is 0 Å². The van der Waals surface area contributed by atoms with Crippen molar-refractivity contribution in [2.24, 2.45) is 16.0 Å². The fourth-order valence-electron chi connectivity index (χ4n) is 1.77. The van der Waals surface area contributed by atoms with E-state index in [1.807, 2.05) is 53.2 Å². The number of methoxy groups -OCH3 is 1. The fraction of sp³-hybridized carbons (Fsp3) is 0.267. The molecule has 0 aliphatic carbocycles. The fourth-order valence-corrected chi connectivity index (χ4v) is 1.77. The zero-order chi connectivity index (χ0) is 14.2. The first-order chi connectivity index (χ1) is 9.83. The minimum Gasteiger partial charge on any atom is -0.497 e. The number of nitrogens with two attached hydrogens (primary N) is 1. The van der Waals surface area contributed by atoms with Gasteiger partial charge in [0.2, 0.25) is 0 Å². The average Bonchev–Trinajstić information content (AvgIpc) is 2.52. The van der Waals surface area contributed by atoms with Gasteiger partial charge in [-0.3, -0.25) is 0 Å². The van der Waals surface area contributed by atoms with Crippen LogP contribution in [0.2, 0.25) is 0 Å². The zero-order valence-electron chi connectivity index (χ0n) is 11.6. The van der Waals surface area contributed by atoms with E-state index in [0.29, 0.717) is 6.54 Å². The summed E-state index contributed by atoms with van der Waals surface area (Å²) in [6, 6.07) is 13.3. The number of benzene rings is 1. The standard InChI is InChI=1S/C15H19N4O/c1-20-14-8-6-13(7-9-14)17-18-15-5-2-3-11-19(15)12-4-10-16/h2-3,5-9,11H,4,10,12,16H2,1H3/q+1. The molecule has 0 bridgehead atoms. The molecule has 0 radical (unpaired) electrons. The summed E-state index contributed by atoms with van der Waals surface area (Å²) in [5.41, 5.74) is 6.33. The van der Waals surface area contributed by atoms with Crippen molar-refractivity contribution in [3.8, 4) is 5.75 Å². The lowest BCUT2D eigenvalue weighted by Gasteiger charge is -1.99. The number of hydrogen-bond acceptors (Lipinski definition) is 4. The molecule has 1 aromatic heterocycles. The Morgan fingerprint density at radius 1 is 1.10 bits per heavy atom. The van der Waals surface area contributed by atoms with Gasteiger partial charge in [-0.25, -0.2) is 4.57 Å². The second kappa shape index (κ2) is 7.35. The molecular formula is C15H19N4O+. The normalized spacial score (nSPS) is 10.9. The van der Waals surface area contributed by atoms with Crippen molar-refractivity contribution >= 4 is 11.5 Å². The molecule has 0 saturated carbocycles. The molecule has 0 aliphatic rings. The summed E-state index contributed by atoms with van der Waals surface area (Å²) >= 11 is 0. The van der Waals surface area contributed by atoms with E-state index in [1.54, 1.807) is 7.11 Å². The van der Waals surface area contributed by atoms with Gasteiger partial charge in [-0.15, -0.1) is 0 Å². The lowest BCUT2D eigenvalue weighted by atomic mass is 10.3. The second-order valence-corrected chi connectivity index (χ2v) is 4.29. The topological polar surface area (TPSA) is 63.9 Å². The summed E-state index contributed by atoms with van der Waals surface area (Å²) < 4.78 is 7.15. The second-order valence-electron chi connectivity index (χ2n) is 4.29. The molecule has 1 aromatic carbocycles. The van der Waals surface area contributed by atoms with Gasteiger partial charge >= 0.3 is 5.82 Å². The lowest BCUT2D eigenvalue weighted by molar-refractivity contribution is -0.684. The van der Waals surface area contributed by atoms with Gasteiger partial charge in [-0.05, 0) is 48.4 Å². The van der Waals surface area contributed by atoms with Crippen LogP contribution in [0.1, 0.15) is 6.42 Å². The molecule has 2 rings (SSSR count). The first kappa shape index (κ1) is 14.1. The van der Waals surface area contributed by atoms with Crippen molar-refractivity contribution < 1.29 is 9.30 Å². The summed E-state index contributed by atoms with van der Waals surface area (Å²) in [6.45, 7) is 1.51. The van der Waals surface area contributed by atoms with Gasteiger partial charge in [0.05, 0.1) is 25.0 Å². The van der Waals surface area contributed by atoms with Crippen LogP contribution in [0.3, 0.4) is 0 Å². The van der Waals surface area contributed by atoms with E-state index in [-0.39, 0.29) is 0 Å². The third-order valence-electron chi connectivity index (χ3n) is 2.86. The highest BCUT2D eigenvalue weighted by Crippen LogP contribution is 2.19. The number of rotatable bonds is 6. The first-order valence-electron chi connectivity index (χ1n) is 6.58. The molecule has 0 aliphatic heterocycles. The number of azo groups is 1. The number of ether oxygens (including phenoxy) is 1. The Hall–Kier alpha value is -2.27. The number of hydrogen-bond donors (Lipinski definition) is 1. The van der Waals surface area contributed by atoms with E-state index >= 15 is 0 Å². The Labute approximate surface area is 118 Å². The van der Waals surface area contributed by atoms with Crippen LogP contribution in [0.4, 0.5) is 11.5 Å². The molecule has 0 amide bonds. The van der Waals surface area contributed by atoms with E-state index in [0.717, 1.165) is 30.2 Å². The summed E-state index contributed by atoms with van der Waals surface area (Å²) in [6.07, 6.45) is 2.90. The zero-order valence-corrected chi connectivity index (χ0v) is 11.6. The molecule has 20 heavy (non-hydrogen) atoms. The third-order valence-corrected chi connectivity index (χ3v) is 2.86. The highest BCUT2D eigenvalue weighted by atomic mass is 16.5. The van der Waals surface area contributed by atoms with Crippen LogP contribution >= 0.6 is 0 Å². The predicted octanol–water partition coefficient (Wildman–Crippen LogP) is 2.75. The van der Waals surface area contributed by atoms with Crippen LogP contribution in [-0.2, 0) is 6.54 Å². The van der Waals surface area contributed by atoms with Crippen LogP contribution in [0.25, 0.3) is 0 Å². The minimum absolute atomic E-state index is 0.664. The van der Waals surface area contributed by atoms with E-state index in [4.69, 9.17) is 10.5 Å². The number of pyridine rings is 1. The van der Waals surface area contributed by atoms with Crippen molar-refractivity contribution in [3.05, 3.63) is 48.7 Å². The monoisotopic (exact) mass is 271 g/mol. The molecule has 2 aromatic rings. The van der Waals surface area contributed by atoms with Crippen molar-refractivity contribution in [3.63, 3.8) is 0 Å². The molecule has 5 heteroatoms. The maximum absolute atomic E-state index is 5.54. The predicted molar refractivity (Wildman–Crippen MR) is 77.5 cm³/mol. The first-order valence-corrected chi connectivity index (χ1v) is 6.58. The quantitative estimate of drug-likeness (QED) is 0.648. The minimum atomic E-state index is 0.664. The summed E-state index contributed by atoms with van der Waals surface area (Å²) in [7, 11) is 1.64. The maximum Gasteiger partial charge on any atom is 0.350 e.